The smallest absolute Gasteiger partial charge is 0.408 e. The molecule has 1 aromatic carbocycles. The number of allylic oxidation sites excluding steroid dienone is 1. The number of fused-ring (bicyclic) bond motifs is 1. The molecule has 0 radical (unpaired) electrons. The van der Waals surface area contributed by atoms with E-state index in [4.69, 9.17) is 4.74 Å². The molecule has 2 aliphatic heterocycles. The quantitative estimate of drug-likeness (QED) is 0.676. The maximum Gasteiger partial charge on any atom is 0.408 e. The Labute approximate surface area is 187 Å². The third kappa shape index (κ3) is 4.10. The van der Waals surface area contributed by atoms with Crippen molar-refractivity contribution in [2.45, 2.75) is 51.3 Å². The summed E-state index contributed by atoms with van der Waals surface area (Å²) in [7, 11) is 0. The van der Waals surface area contributed by atoms with Gasteiger partial charge in [0.2, 0.25) is 0 Å². The zero-order chi connectivity index (χ0) is 23.2. The number of β-lactam (4-membered cyclic amide) rings is 1. The number of aromatic nitrogens is 1. The van der Waals surface area contributed by atoms with E-state index in [1.54, 1.807) is 38.3 Å². The van der Waals surface area contributed by atoms with Crippen LogP contribution < -0.4 is 5.32 Å². The number of rotatable bonds is 4. The van der Waals surface area contributed by atoms with Crippen molar-refractivity contribution in [1.29, 1.82) is 0 Å². The third-order valence-corrected chi connectivity index (χ3v) is 6.11. The van der Waals surface area contributed by atoms with Gasteiger partial charge in [0.1, 0.15) is 28.2 Å². The number of alkyl carbamates (subject to hydrolysis) is 1. The Hall–Kier alpha value is -3.27. The van der Waals surface area contributed by atoms with E-state index in [0.29, 0.717) is 29.1 Å². The van der Waals surface area contributed by atoms with Crippen molar-refractivity contribution in [2.75, 3.05) is 0 Å². The van der Waals surface area contributed by atoms with Crippen LogP contribution >= 0.6 is 11.3 Å². The van der Waals surface area contributed by atoms with Crippen molar-refractivity contribution in [3.05, 3.63) is 46.9 Å². The maximum absolute atomic E-state index is 13.2. The minimum Gasteiger partial charge on any atom is -0.477 e. The fourth-order valence-corrected chi connectivity index (χ4v) is 4.73. The first-order valence-electron chi connectivity index (χ1n) is 10.1. The predicted octanol–water partition coefficient (Wildman–Crippen LogP) is 3.64. The molecule has 3 heterocycles. The molecule has 0 aliphatic carbocycles. The van der Waals surface area contributed by atoms with Crippen molar-refractivity contribution >= 4 is 34.9 Å². The van der Waals surface area contributed by atoms with Gasteiger partial charge in [-0.15, -0.1) is 11.3 Å². The number of hydrogen-bond donors (Lipinski definition) is 2. The number of benzene rings is 1. The average Bonchev–Trinajstić information content (AvgIpc) is 3.20. The molecule has 2 aliphatic rings. The van der Waals surface area contributed by atoms with Crippen LogP contribution in [0.5, 0.6) is 0 Å². The molecule has 0 saturated carbocycles. The van der Waals surface area contributed by atoms with Gasteiger partial charge in [0.05, 0.1) is 11.7 Å². The van der Waals surface area contributed by atoms with Crippen LogP contribution in [0.3, 0.4) is 0 Å². The first-order valence-corrected chi connectivity index (χ1v) is 10.9. The van der Waals surface area contributed by atoms with Crippen LogP contribution in [-0.4, -0.2) is 50.6 Å². The summed E-state index contributed by atoms with van der Waals surface area (Å²) in [5, 5.41) is 14.8. The molecule has 168 valence electrons. The second kappa shape index (κ2) is 8.01. The lowest BCUT2D eigenvalue weighted by molar-refractivity contribution is -0.153. The fourth-order valence-electron chi connectivity index (χ4n) is 3.88. The Balaban J connectivity index is 1.58. The Morgan fingerprint density at radius 3 is 2.59 bits per heavy atom. The molecule has 2 N–H and O–H groups in total. The highest BCUT2D eigenvalue weighted by molar-refractivity contribution is 7.13. The van der Waals surface area contributed by atoms with Crippen molar-refractivity contribution < 1.29 is 28.6 Å². The Kier molecular flexibility index (Phi) is 5.49. The molecule has 2 atom stereocenters. The summed E-state index contributed by atoms with van der Waals surface area (Å²) in [5.74, 6) is -2.08. The summed E-state index contributed by atoms with van der Waals surface area (Å²) >= 11 is 1.31. The standard InChI is InChI=1S/C22H22FN3O5S/c1-22(2,3)31-21(30)25-16-15-9-8-13(17(20(28)29)26(15)19(16)27)14-10-32-18(24-14)11-4-6-12(23)7-5-11/h4-7,10,15-16H,8-9H2,1-3H3,(H,25,30)(H,28,29)/t15-,16+/m1/s1. The summed E-state index contributed by atoms with van der Waals surface area (Å²) < 4.78 is 18.4. The van der Waals surface area contributed by atoms with Crippen LogP contribution in [0, 0.1) is 5.82 Å². The molecule has 32 heavy (non-hydrogen) atoms. The predicted molar refractivity (Wildman–Crippen MR) is 115 cm³/mol. The molecule has 0 spiro atoms. The van der Waals surface area contributed by atoms with E-state index in [2.05, 4.69) is 10.3 Å². The molecular weight excluding hydrogens is 437 g/mol. The molecule has 0 unspecified atom stereocenters. The Morgan fingerprint density at radius 1 is 1.28 bits per heavy atom. The second-order valence-corrected chi connectivity index (χ2v) is 9.47. The van der Waals surface area contributed by atoms with E-state index >= 15 is 0 Å². The normalized spacial score (nSPS) is 20.5. The molecule has 1 saturated heterocycles. The summed E-state index contributed by atoms with van der Waals surface area (Å²) in [6, 6.07) is 4.59. The van der Waals surface area contributed by atoms with E-state index in [-0.39, 0.29) is 11.5 Å². The number of ether oxygens (including phenoxy) is 1. The number of halogens is 1. The minimum atomic E-state index is -1.23. The number of carbonyl (C=O) groups excluding carboxylic acids is 2. The monoisotopic (exact) mass is 459 g/mol. The molecule has 0 bridgehead atoms. The SMILES string of the molecule is CC(C)(C)OC(=O)N[C@@H]1C(=O)N2C(C(=O)O)=C(c3csc(-c4ccc(F)cc4)n3)CC[C@H]12. The number of carbonyl (C=O) groups is 3. The van der Waals surface area contributed by atoms with E-state index in [9.17, 15) is 23.9 Å². The van der Waals surface area contributed by atoms with Crippen LogP contribution in [0.4, 0.5) is 9.18 Å². The number of aliphatic carboxylic acids is 1. The molecule has 8 nitrogen and oxygen atoms in total. The summed E-state index contributed by atoms with van der Waals surface area (Å²) in [4.78, 5) is 42.7. The van der Waals surface area contributed by atoms with Gasteiger partial charge in [-0.05, 0) is 57.9 Å². The first kappa shape index (κ1) is 21.9. The number of nitrogens with zero attached hydrogens (tertiary/aromatic N) is 2. The van der Waals surface area contributed by atoms with E-state index in [1.165, 1.54) is 28.4 Å². The first-order chi connectivity index (χ1) is 15.0. The molecule has 1 fully saturated rings. The third-order valence-electron chi connectivity index (χ3n) is 5.22. The zero-order valence-corrected chi connectivity index (χ0v) is 18.5. The highest BCUT2D eigenvalue weighted by atomic mass is 32.1. The molecule has 1 aromatic heterocycles. The largest absolute Gasteiger partial charge is 0.477 e. The summed E-state index contributed by atoms with van der Waals surface area (Å²) in [5.41, 5.74) is 0.818. The second-order valence-electron chi connectivity index (χ2n) is 8.62. The van der Waals surface area contributed by atoms with Crippen LogP contribution in [0.1, 0.15) is 39.3 Å². The van der Waals surface area contributed by atoms with Gasteiger partial charge >= 0.3 is 12.1 Å². The number of carboxylic acid groups (broad SMARTS) is 1. The van der Waals surface area contributed by atoms with Gasteiger partial charge in [-0.1, -0.05) is 0 Å². The number of hydrogen-bond acceptors (Lipinski definition) is 6. The van der Waals surface area contributed by atoms with Crippen LogP contribution in [0.2, 0.25) is 0 Å². The van der Waals surface area contributed by atoms with E-state index < -0.39 is 35.7 Å². The van der Waals surface area contributed by atoms with E-state index in [0.717, 1.165) is 5.56 Å². The van der Waals surface area contributed by atoms with E-state index in [1.807, 2.05) is 0 Å². The Bertz CT molecular complexity index is 1120. The lowest BCUT2D eigenvalue weighted by atomic mass is 9.83. The van der Waals surface area contributed by atoms with Gasteiger partial charge in [-0.25, -0.2) is 19.0 Å². The van der Waals surface area contributed by atoms with Crippen LogP contribution in [0.15, 0.2) is 35.3 Å². The minimum absolute atomic E-state index is 0.121. The number of nitrogens with one attached hydrogen (secondary N) is 1. The highest BCUT2D eigenvalue weighted by Gasteiger charge is 2.54. The van der Waals surface area contributed by atoms with Gasteiger partial charge in [-0.3, -0.25) is 9.69 Å². The van der Waals surface area contributed by atoms with Gasteiger partial charge in [0.15, 0.2) is 0 Å². The van der Waals surface area contributed by atoms with Gasteiger partial charge in [-0.2, -0.15) is 0 Å². The number of amides is 2. The van der Waals surface area contributed by atoms with Crippen molar-refractivity contribution in [2.24, 2.45) is 0 Å². The Morgan fingerprint density at radius 2 is 1.97 bits per heavy atom. The van der Waals surface area contributed by atoms with Crippen LogP contribution in [-0.2, 0) is 14.3 Å². The molecule has 2 amide bonds. The maximum atomic E-state index is 13.2. The fraction of sp³-hybridized carbons (Fsp3) is 0.364. The number of thiazole rings is 1. The van der Waals surface area contributed by atoms with Crippen LogP contribution in [0.25, 0.3) is 16.1 Å². The van der Waals surface area contributed by atoms with Crippen molar-refractivity contribution in [3.8, 4) is 10.6 Å². The summed E-state index contributed by atoms with van der Waals surface area (Å²) in [6.45, 7) is 5.15. The van der Waals surface area contributed by atoms with Crippen molar-refractivity contribution in [3.63, 3.8) is 0 Å². The van der Waals surface area contributed by atoms with Crippen molar-refractivity contribution in [1.82, 2.24) is 15.2 Å². The highest BCUT2D eigenvalue weighted by Crippen LogP contribution is 2.41. The summed E-state index contributed by atoms with van der Waals surface area (Å²) in [6.07, 6.45) is 0.141. The lowest BCUT2D eigenvalue weighted by Crippen LogP contribution is -2.71. The average molecular weight is 459 g/mol. The zero-order valence-electron chi connectivity index (χ0n) is 17.7. The van der Waals surface area contributed by atoms with Gasteiger partial charge in [0, 0.05) is 16.5 Å². The number of carboxylic acids is 1. The molecular formula is C22H22FN3O5S. The lowest BCUT2D eigenvalue weighted by Gasteiger charge is -2.50. The van der Waals surface area contributed by atoms with Gasteiger partial charge in [0.25, 0.3) is 5.91 Å². The molecule has 2 aromatic rings. The van der Waals surface area contributed by atoms with Gasteiger partial charge < -0.3 is 15.2 Å². The molecule has 10 heteroatoms. The molecule has 4 rings (SSSR count). The topological polar surface area (TPSA) is 109 Å².